The Bertz CT molecular complexity index is 645. The number of thioether (sulfide) groups is 1. The minimum absolute atomic E-state index is 0. The van der Waals surface area contributed by atoms with Gasteiger partial charge in [0, 0.05) is 36.8 Å². The zero-order chi connectivity index (χ0) is 17.1. The second-order valence-electron chi connectivity index (χ2n) is 6.15. The molecule has 1 aromatic carbocycles. The van der Waals surface area contributed by atoms with E-state index in [4.69, 9.17) is 4.74 Å². The van der Waals surface area contributed by atoms with Crippen molar-refractivity contribution in [2.24, 2.45) is 0 Å². The summed E-state index contributed by atoms with van der Waals surface area (Å²) in [5.74, 6) is 2.01. The number of carbonyl (C=O) groups excluding carboxylic acids is 1. The Morgan fingerprint density at radius 1 is 1.16 bits per heavy atom. The van der Waals surface area contributed by atoms with Gasteiger partial charge in [0.05, 0.1) is 25.2 Å². The maximum atomic E-state index is 12.6. The van der Waals surface area contributed by atoms with E-state index in [2.05, 4.69) is 29.7 Å². The number of piperazine rings is 1. The third-order valence-electron chi connectivity index (χ3n) is 4.81. The molecular weight excluding hydrogens is 358 g/mol. The van der Waals surface area contributed by atoms with Gasteiger partial charge in [-0.1, -0.05) is 12.1 Å². The number of ether oxygens (including phenoxy) is 1. The number of hydrogen-bond acceptors (Lipinski definition) is 5. The van der Waals surface area contributed by atoms with Gasteiger partial charge >= 0.3 is 0 Å². The van der Waals surface area contributed by atoms with Crippen LogP contribution in [0.1, 0.15) is 13.8 Å². The van der Waals surface area contributed by atoms with Crippen LogP contribution in [0.3, 0.4) is 0 Å². The smallest absolute Gasteiger partial charge is 0.242 e. The highest BCUT2D eigenvalue weighted by atomic mass is 35.5. The quantitative estimate of drug-likeness (QED) is 0.798. The van der Waals surface area contributed by atoms with E-state index in [1.165, 1.54) is 10.6 Å². The van der Waals surface area contributed by atoms with Crippen LogP contribution in [0.25, 0.3) is 0 Å². The number of amides is 1. The summed E-state index contributed by atoms with van der Waals surface area (Å²) in [6.07, 6.45) is 0. The van der Waals surface area contributed by atoms with Crippen molar-refractivity contribution in [3.05, 3.63) is 34.9 Å². The predicted molar refractivity (Wildman–Crippen MR) is 107 cm³/mol. The topological polar surface area (TPSA) is 36.0 Å². The van der Waals surface area contributed by atoms with Crippen molar-refractivity contribution in [2.75, 3.05) is 50.6 Å². The highest BCUT2D eigenvalue weighted by Gasteiger charge is 2.26. The number of para-hydroxylation sites is 2. The van der Waals surface area contributed by atoms with E-state index < -0.39 is 0 Å². The molecule has 1 amide bonds. The minimum Gasteiger partial charge on any atom is -0.495 e. The van der Waals surface area contributed by atoms with Crippen molar-refractivity contribution in [3.63, 3.8) is 0 Å². The lowest BCUT2D eigenvalue weighted by atomic mass is 10.2. The maximum absolute atomic E-state index is 12.6. The van der Waals surface area contributed by atoms with Gasteiger partial charge in [0.2, 0.25) is 5.91 Å². The van der Waals surface area contributed by atoms with Gasteiger partial charge in [-0.3, -0.25) is 4.79 Å². The molecule has 0 bridgehead atoms. The number of allylic oxidation sites excluding steroid dienone is 2. The number of carbonyl (C=O) groups is 1. The first-order chi connectivity index (χ1) is 11.6. The van der Waals surface area contributed by atoms with Crippen LogP contribution in [0.15, 0.2) is 34.9 Å². The number of anilines is 1. The van der Waals surface area contributed by atoms with E-state index in [0.29, 0.717) is 6.54 Å². The molecule has 25 heavy (non-hydrogen) atoms. The fraction of sp³-hybridized carbons (Fsp3) is 0.500. The number of rotatable bonds is 4. The normalized spacial score (nSPS) is 17.6. The standard InChI is InChI=1S/C18H25N3O2S.ClH/c1-14-15(2)24-13-21(14)12-18(22)20-10-8-19(9-11-20)16-6-4-5-7-17(16)23-3;/h4-7H,8-13H2,1-3H3;1H. The van der Waals surface area contributed by atoms with Crippen molar-refractivity contribution in [2.45, 2.75) is 13.8 Å². The molecule has 5 nitrogen and oxygen atoms in total. The Morgan fingerprint density at radius 3 is 2.44 bits per heavy atom. The van der Waals surface area contributed by atoms with Gasteiger partial charge in [0.1, 0.15) is 5.75 Å². The molecule has 2 heterocycles. The van der Waals surface area contributed by atoms with Crippen LogP contribution >= 0.6 is 24.2 Å². The van der Waals surface area contributed by atoms with Crippen molar-refractivity contribution in [1.29, 1.82) is 0 Å². The largest absolute Gasteiger partial charge is 0.495 e. The molecular formula is C18H26ClN3O2S. The Morgan fingerprint density at radius 2 is 1.84 bits per heavy atom. The maximum Gasteiger partial charge on any atom is 0.242 e. The van der Waals surface area contributed by atoms with E-state index in [-0.39, 0.29) is 18.3 Å². The molecule has 0 aromatic heterocycles. The molecule has 138 valence electrons. The molecule has 0 radical (unpaired) electrons. The molecule has 1 saturated heterocycles. The summed E-state index contributed by atoms with van der Waals surface area (Å²) < 4.78 is 5.45. The van der Waals surface area contributed by atoms with Gasteiger partial charge in [-0.2, -0.15) is 0 Å². The zero-order valence-electron chi connectivity index (χ0n) is 15.0. The van der Waals surface area contributed by atoms with E-state index >= 15 is 0 Å². The summed E-state index contributed by atoms with van der Waals surface area (Å²) in [5.41, 5.74) is 2.35. The first-order valence-electron chi connectivity index (χ1n) is 8.31. The third-order valence-corrected chi connectivity index (χ3v) is 5.97. The molecule has 0 atom stereocenters. The molecule has 0 aliphatic carbocycles. The molecule has 1 fully saturated rings. The van der Waals surface area contributed by atoms with Crippen molar-refractivity contribution < 1.29 is 9.53 Å². The lowest BCUT2D eigenvalue weighted by molar-refractivity contribution is -0.132. The zero-order valence-corrected chi connectivity index (χ0v) is 16.7. The molecule has 1 aromatic rings. The monoisotopic (exact) mass is 383 g/mol. The van der Waals surface area contributed by atoms with E-state index in [9.17, 15) is 4.79 Å². The SMILES string of the molecule is COc1ccccc1N1CCN(C(=O)CN2CSC(C)=C2C)CC1.Cl. The van der Waals surface area contributed by atoms with Gasteiger partial charge in [0.25, 0.3) is 0 Å². The number of benzene rings is 1. The number of halogens is 1. The minimum atomic E-state index is 0. The highest BCUT2D eigenvalue weighted by Crippen LogP contribution is 2.31. The molecule has 0 saturated carbocycles. The summed E-state index contributed by atoms with van der Waals surface area (Å²) in [5, 5.41) is 0. The fourth-order valence-electron chi connectivity index (χ4n) is 3.11. The average Bonchev–Trinajstić information content (AvgIpc) is 2.94. The van der Waals surface area contributed by atoms with Crippen molar-refractivity contribution in [1.82, 2.24) is 9.80 Å². The molecule has 0 N–H and O–H groups in total. The van der Waals surface area contributed by atoms with Gasteiger partial charge < -0.3 is 19.4 Å². The summed E-state index contributed by atoms with van der Waals surface area (Å²) in [7, 11) is 1.70. The Labute approximate surface area is 160 Å². The van der Waals surface area contributed by atoms with Gasteiger partial charge in [0.15, 0.2) is 0 Å². The third kappa shape index (κ3) is 4.36. The predicted octanol–water partition coefficient (Wildman–Crippen LogP) is 3.02. The van der Waals surface area contributed by atoms with Gasteiger partial charge in [-0.15, -0.1) is 24.2 Å². The van der Waals surface area contributed by atoms with Gasteiger partial charge in [-0.25, -0.2) is 0 Å². The summed E-state index contributed by atoms with van der Waals surface area (Å²) in [4.78, 5) is 20.4. The average molecular weight is 384 g/mol. The van der Waals surface area contributed by atoms with Crippen molar-refractivity contribution >= 4 is 35.8 Å². The van der Waals surface area contributed by atoms with Crippen LogP contribution in [0.4, 0.5) is 5.69 Å². The number of nitrogens with zero attached hydrogens (tertiary/aromatic N) is 3. The number of hydrogen-bond donors (Lipinski definition) is 0. The Balaban J connectivity index is 0.00000225. The van der Waals surface area contributed by atoms with Gasteiger partial charge in [-0.05, 0) is 26.0 Å². The first-order valence-corrected chi connectivity index (χ1v) is 9.29. The van der Waals surface area contributed by atoms with E-state index in [1.807, 2.05) is 34.9 Å². The molecule has 3 rings (SSSR count). The van der Waals surface area contributed by atoms with E-state index in [0.717, 1.165) is 43.5 Å². The second kappa shape index (κ2) is 8.72. The molecule has 7 heteroatoms. The molecule has 2 aliphatic heterocycles. The summed E-state index contributed by atoms with van der Waals surface area (Å²) in [6.45, 7) is 7.92. The second-order valence-corrected chi connectivity index (χ2v) is 7.31. The fourth-order valence-corrected chi connectivity index (χ4v) is 4.09. The molecule has 2 aliphatic rings. The highest BCUT2D eigenvalue weighted by molar-refractivity contribution is 8.03. The molecule has 0 unspecified atom stereocenters. The van der Waals surface area contributed by atoms with Crippen LogP contribution < -0.4 is 9.64 Å². The van der Waals surface area contributed by atoms with Crippen molar-refractivity contribution in [3.8, 4) is 5.75 Å². The Hall–Kier alpha value is -1.53. The van der Waals surface area contributed by atoms with Crippen LogP contribution in [-0.4, -0.2) is 61.4 Å². The van der Waals surface area contributed by atoms with Crippen LogP contribution in [0, 0.1) is 0 Å². The lowest BCUT2D eigenvalue weighted by Crippen LogP contribution is -2.51. The summed E-state index contributed by atoms with van der Waals surface area (Å²) >= 11 is 1.82. The van der Waals surface area contributed by atoms with Crippen LogP contribution in [-0.2, 0) is 4.79 Å². The summed E-state index contributed by atoms with van der Waals surface area (Å²) in [6, 6.07) is 8.07. The van der Waals surface area contributed by atoms with E-state index in [1.54, 1.807) is 7.11 Å². The van der Waals surface area contributed by atoms with Crippen LogP contribution in [0.2, 0.25) is 0 Å². The molecule has 0 spiro atoms. The number of methoxy groups -OCH3 is 1. The lowest BCUT2D eigenvalue weighted by Gasteiger charge is -2.37. The first kappa shape index (κ1) is 19.8. The Kier molecular flexibility index (Phi) is 6.90. The van der Waals surface area contributed by atoms with Crippen LogP contribution in [0.5, 0.6) is 5.75 Å².